The van der Waals surface area contributed by atoms with E-state index in [4.69, 9.17) is 5.73 Å². The lowest BCUT2D eigenvalue weighted by Crippen LogP contribution is -2.35. The molecule has 0 aliphatic carbocycles. The predicted octanol–water partition coefficient (Wildman–Crippen LogP) is 2.45. The van der Waals surface area contributed by atoms with Crippen LogP contribution in [-0.4, -0.2) is 34.2 Å². The van der Waals surface area contributed by atoms with Gasteiger partial charge in [-0.25, -0.2) is 0 Å². The zero-order valence-electron chi connectivity index (χ0n) is 11.0. The average Bonchev–Trinajstić information content (AvgIpc) is 3.01. The number of hydrogen-bond acceptors (Lipinski definition) is 4. The molecule has 3 N–H and O–H groups in total. The van der Waals surface area contributed by atoms with Gasteiger partial charge in [-0.15, -0.1) is 11.3 Å². The lowest BCUT2D eigenvalue weighted by Gasteiger charge is -2.21. The van der Waals surface area contributed by atoms with Crippen molar-refractivity contribution in [3.8, 4) is 10.6 Å². The molecule has 1 atom stereocenters. The van der Waals surface area contributed by atoms with Crippen molar-refractivity contribution in [3.05, 3.63) is 29.3 Å². The molecule has 5 heteroatoms. The molecule has 0 spiro atoms. The summed E-state index contributed by atoms with van der Waals surface area (Å²) in [6.07, 6.45) is 5.50. The third kappa shape index (κ3) is 3.23. The number of aromatic nitrogens is 2. The van der Waals surface area contributed by atoms with E-state index in [0.717, 1.165) is 18.8 Å². The third-order valence-electron chi connectivity index (χ3n) is 3.60. The molecule has 1 aliphatic heterocycles. The topological polar surface area (TPSA) is 57.9 Å². The van der Waals surface area contributed by atoms with Crippen LogP contribution < -0.4 is 5.73 Å². The van der Waals surface area contributed by atoms with Crippen LogP contribution in [0.5, 0.6) is 0 Å². The highest BCUT2D eigenvalue weighted by atomic mass is 32.1. The van der Waals surface area contributed by atoms with E-state index in [-0.39, 0.29) is 0 Å². The first-order valence-electron chi connectivity index (χ1n) is 6.87. The number of nitrogens with one attached hydrogen (secondary N) is 1. The molecule has 0 saturated carbocycles. The summed E-state index contributed by atoms with van der Waals surface area (Å²) in [5.41, 5.74) is 7.21. The van der Waals surface area contributed by atoms with E-state index >= 15 is 0 Å². The Labute approximate surface area is 117 Å². The summed E-state index contributed by atoms with van der Waals surface area (Å²) in [4.78, 5) is 5.14. The van der Waals surface area contributed by atoms with Gasteiger partial charge in [0.25, 0.3) is 0 Å². The fraction of sp³-hybridized carbons (Fsp3) is 0.500. The lowest BCUT2D eigenvalue weighted by molar-refractivity contribution is 0.267. The second kappa shape index (κ2) is 5.86. The summed E-state index contributed by atoms with van der Waals surface area (Å²) in [6, 6.07) is 6.74. The van der Waals surface area contributed by atoms with Gasteiger partial charge < -0.3 is 5.73 Å². The molecule has 2 aromatic rings. The van der Waals surface area contributed by atoms with E-state index in [2.05, 4.69) is 27.2 Å². The molecule has 0 amide bonds. The number of rotatable bonds is 3. The van der Waals surface area contributed by atoms with Crippen LogP contribution in [0, 0.1) is 0 Å². The van der Waals surface area contributed by atoms with Crippen molar-refractivity contribution < 1.29 is 0 Å². The second-order valence-electron chi connectivity index (χ2n) is 5.23. The van der Waals surface area contributed by atoms with Gasteiger partial charge in [-0.05, 0) is 37.6 Å². The number of hydrogen-bond donors (Lipinski definition) is 2. The van der Waals surface area contributed by atoms with E-state index in [0.29, 0.717) is 6.04 Å². The van der Waals surface area contributed by atoms with Crippen molar-refractivity contribution in [3.63, 3.8) is 0 Å². The molecule has 0 bridgehead atoms. The summed E-state index contributed by atoms with van der Waals surface area (Å²) in [5.74, 6) is 0. The van der Waals surface area contributed by atoms with Gasteiger partial charge in [0.05, 0.1) is 10.6 Å². The molecule has 4 nitrogen and oxygen atoms in total. The number of nitrogens with zero attached hydrogens (tertiary/aromatic N) is 2. The van der Waals surface area contributed by atoms with Crippen LogP contribution in [0.1, 0.15) is 24.1 Å². The Morgan fingerprint density at radius 3 is 3.16 bits per heavy atom. The predicted molar refractivity (Wildman–Crippen MR) is 79.0 cm³/mol. The molecular formula is C14H20N4S. The SMILES string of the molecule is NC1CCCCN(Cc2ccc(-c3ccn[nH]3)s2)C1. The number of aromatic amines is 1. The first-order valence-corrected chi connectivity index (χ1v) is 7.69. The van der Waals surface area contributed by atoms with Crippen molar-refractivity contribution in [2.75, 3.05) is 13.1 Å². The van der Waals surface area contributed by atoms with E-state index in [1.54, 1.807) is 6.20 Å². The maximum Gasteiger partial charge on any atom is 0.0749 e. The quantitative estimate of drug-likeness (QED) is 0.905. The number of likely N-dealkylation sites (tertiary alicyclic amines) is 1. The molecule has 102 valence electrons. The molecular weight excluding hydrogens is 256 g/mol. The smallest absolute Gasteiger partial charge is 0.0749 e. The lowest BCUT2D eigenvalue weighted by atomic mass is 10.2. The monoisotopic (exact) mass is 276 g/mol. The van der Waals surface area contributed by atoms with Gasteiger partial charge >= 0.3 is 0 Å². The first kappa shape index (κ1) is 12.8. The Morgan fingerprint density at radius 2 is 2.32 bits per heavy atom. The van der Waals surface area contributed by atoms with E-state index < -0.39 is 0 Å². The summed E-state index contributed by atoms with van der Waals surface area (Å²) in [5, 5.41) is 7.01. The summed E-state index contributed by atoms with van der Waals surface area (Å²) < 4.78 is 0. The van der Waals surface area contributed by atoms with Crippen LogP contribution in [0.3, 0.4) is 0 Å². The number of nitrogens with two attached hydrogens (primary N) is 1. The largest absolute Gasteiger partial charge is 0.327 e. The van der Waals surface area contributed by atoms with Crippen molar-refractivity contribution in [2.45, 2.75) is 31.8 Å². The van der Waals surface area contributed by atoms with Crippen LogP contribution in [0.15, 0.2) is 24.4 Å². The standard InChI is InChI=1S/C14H20N4S/c15-11-3-1-2-8-18(9-11)10-12-4-5-14(19-12)13-6-7-16-17-13/h4-7,11H,1-3,8-10,15H2,(H,16,17). The van der Waals surface area contributed by atoms with Gasteiger partial charge in [-0.1, -0.05) is 6.42 Å². The minimum atomic E-state index is 0.342. The highest BCUT2D eigenvalue weighted by Crippen LogP contribution is 2.27. The van der Waals surface area contributed by atoms with Gasteiger partial charge in [0, 0.05) is 30.2 Å². The van der Waals surface area contributed by atoms with Crippen molar-refractivity contribution in [1.82, 2.24) is 15.1 Å². The number of thiophene rings is 1. The Kier molecular flexibility index (Phi) is 3.96. The summed E-state index contributed by atoms with van der Waals surface area (Å²) in [6.45, 7) is 3.22. The van der Waals surface area contributed by atoms with Crippen LogP contribution in [0.2, 0.25) is 0 Å². The van der Waals surface area contributed by atoms with Crippen molar-refractivity contribution in [1.29, 1.82) is 0 Å². The summed E-state index contributed by atoms with van der Waals surface area (Å²) >= 11 is 1.84. The Balaban J connectivity index is 1.66. The molecule has 1 fully saturated rings. The van der Waals surface area contributed by atoms with E-state index in [1.165, 1.54) is 35.6 Å². The fourth-order valence-corrected chi connectivity index (χ4v) is 3.65. The minimum absolute atomic E-state index is 0.342. The molecule has 3 rings (SSSR count). The molecule has 1 aliphatic rings. The molecule has 2 aromatic heterocycles. The van der Waals surface area contributed by atoms with E-state index in [1.807, 2.05) is 17.4 Å². The van der Waals surface area contributed by atoms with Crippen LogP contribution >= 0.6 is 11.3 Å². The van der Waals surface area contributed by atoms with Gasteiger partial charge in [-0.3, -0.25) is 10.00 Å². The molecule has 1 unspecified atom stereocenters. The highest BCUT2D eigenvalue weighted by Gasteiger charge is 2.16. The zero-order valence-corrected chi connectivity index (χ0v) is 11.8. The van der Waals surface area contributed by atoms with Gasteiger partial charge in [0.2, 0.25) is 0 Å². The van der Waals surface area contributed by atoms with Crippen molar-refractivity contribution in [2.24, 2.45) is 5.73 Å². The number of H-pyrrole nitrogens is 1. The van der Waals surface area contributed by atoms with Crippen LogP contribution in [0.4, 0.5) is 0 Å². The van der Waals surface area contributed by atoms with Gasteiger partial charge in [0.1, 0.15) is 0 Å². The second-order valence-corrected chi connectivity index (χ2v) is 6.40. The first-order chi connectivity index (χ1) is 9.31. The van der Waals surface area contributed by atoms with Crippen molar-refractivity contribution >= 4 is 11.3 Å². The van der Waals surface area contributed by atoms with Crippen LogP contribution in [-0.2, 0) is 6.54 Å². The van der Waals surface area contributed by atoms with E-state index in [9.17, 15) is 0 Å². The molecule has 19 heavy (non-hydrogen) atoms. The zero-order chi connectivity index (χ0) is 13.1. The van der Waals surface area contributed by atoms with Gasteiger partial charge in [0.15, 0.2) is 0 Å². The fourth-order valence-electron chi connectivity index (χ4n) is 2.62. The maximum absolute atomic E-state index is 6.11. The van der Waals surface area contributed by atoms with Gasteiger partial charge in [-0.2, -0.15) is 5.10 Å². The molecule has 3 heterocycles. The average molecular weight is 276 g/mol. The van der Waals surface area contributed by atoms with Crippen LogP contribution in [0.25, 0.3) is 10.6 Å². The summed E-state index contributed by atoms with van der Waals surface area (Å²) in [7, 11) is 0. The highest BCUT2D eigenvalue weighted by molar-refractivity contribution is 7.15. The Bertz CT molecular complexity index is 505. The maximum atomic E-state index is 6.11. The normalized spacial score (nSPS) is 21.4. The third-order valence-corrected chi connectivity index (χ3v) is 4.70. The molecule has 1 saturated heterocycles. The molecule has 0 radical (unpaired) electrons. The Hall–Kier alpha value is -1.17. The minimum Gasteiger partial charge on any atom is -0.327 e. The molecule has 0 aromatic carbocycles. The Morgan fingerprint density at radius 1 is 1.37 bits per heavy atom.